The summed E-state index contributed by atoms with van der Waals surface area (Å²) in [6.07, 6.45) is 0.176. The maximum Gasteiger partial charge on any atom is 0.236 e. The Morgan fingerprint density at radius 3 is 2.50 bits per heavy atom. The summed E-state index contributed by atoms with van der Waals surface area (Å²) < 4.78 is 12.3. The van der Waals surface area contributed by atoms with Crippen molar-refractivity contribution in [3.8, 4) is 5.75 Å². The highest BCUT2D eigenvalue weighted by Gasteiger charge is 2.42. The molecule has 2 heterocycles. The molecule has 2 amide bonds. The molecule has 32 heavy (non-hydrogen) atoms. The third-order valence-corrected chi connectivity index (χ3v) is 6.44. The first-order chi connectivity index (χ1) is 15.2. The van der Waals surface area contributed by atoms with Gasteiger partial charge in [0.25, 0.3) is 0 Å². The topological polar surface area (TPSA) is 65.6 Å². The lowest BCUT2D eigenvalue weighted by molar-refractivity contribution is -0.166. The number of carbonyl (C=O) groups is 2. The van der Waals surface area contributed by atoms with Gasteiger partial charge in [0.2, 0.25) is 11.8 Å². The molecule has 9 heteroatoms. The number of rotatable bonds is 7. The van der Waals surface area contributed by atoms with Crippen molar-refractivity contribution in [2.45, 2.75) is 18.9 Å². The van der Waals surface area contributed by atoms with Crippen LogP contribution in [-0.2, 0) is 14.3 Å². The first-order valence-electron chi connectivity index (χ1n) is 11.1. The highest BCUT2D eigenvalue weighted by atomic mass is 35.5. The highest BCUT2D eigenvalue weighted by molar-refractivity contribution is 6.31. The van der Waals surface area contributed by atoms with E-state index in [1.807, 2.05) is 43.0 Å². The van der Waals surface area contributed by atoms with Crippen LogP contribution in [0.5, 0.6) is 5.75 Å². The van der Waals surface area contributed by atoms with Crippen molar-refractivity contribution < 1.29 is 19.1 Å². The number of hydrogen-bond acceptors (Lipinski definition) is 6. The number of nitrogens with zero attached hydrogens (tertiary/aromatic N) is 4. The number of morpholine rings is 1. The monoisotopic (exact) mass is 466 g/mol. The SMILES string of the molecule is Cc1cc(OCC2(CC(=O)N3CCN(C)CC3)CN(C(=O)CN(C)C)CCO2)ccc1Cl. The molecule has 2 saturated heterocycles. The lowest BCUT2D eigenvalue weighted by Gasteiger charge is -2.43. The van der Waals surface area contributed by atoms with E-state index in [0.717, 1.165) is 18.7 Å². The van der Waals surface area contributed by atoms with Gasteiger partial charge in [-0.15, -0.1) is 0 Å². The molecule has 1 atom stereocenters. The lowest BCUT2D eigenvalue weighted by atomic mass is 9.96. The molecule has 1 unspecified atom stereocenters. The van der Waals surface area contributed by atoms with Crippen molar-refractivity contribution in [3.05, 3.63) is 28.8 Å². The fourth-order valence-corrected chi connectivity index (χ4v) is 4.16. The van der Waals surface area contributed by atoms with Crippen LogP contribution < -0.4 is 4.74 Å². The van der Waals surface area contributed by atoms with Gasteiger partial charge in [-0.3, -0.25) is 9.59 Å². The van der Waals surface area contributed by atoms with Gasteiger partial charge in [-0.05, 0) is 51.8 Å². The van der Waals surface area contributed by atoms with E-state index in [0.29, 0.717) is 50.1 Å². The molecule has 2 fully saturated rings. The number of aryl methyl sites for hydroxylation is 1. The minimum Gasteiger partial charge on any atom is -0.490 e. The van der Waals surface area contributed by atoms with Crippen LogP contribution in [0.1, 0.15) is 12.0 Å². The van der Waals surface area contributed by atoms with Crippen LogP contribution in [0.25, 0.3) is 0 Å². The smallest absolute Gasteiger partial charge is 0.236 e. The van der Waals surface area contributed by atoms with Crippen LogP contribution in [0, 0.1) is 6.92 Å². The van der Waals surface area contributed by atoms with Gasteiger partial charge < -0.3 is 29.1 Å². The second kappa shape index (κ2) is 10.8. The summed E-state index contributed by atoms with van der Waals surface area (Å²) in [4.78, 5) is 33.7. The molecule has 2 aliphatic heterocycles. The van der Waals surface area contributed by atoms with E-state index in [4.69, 9.17) is 21.1 Å². The zero-order valence-corrected chi connectivity index (χ0v) is 20.4. The highest BCUT2D eigenvalue weighted by Crippen LogP contribution is 2.27. The first-order valence-corrected chi connectivity index (χ1v) is 11.5. The molecule has 2 aliphatic rings. The van der Waals surface area contributed by atoms with Gasteiger partial charge in [-0.1, -0.05) is 11.6 Å². The summed E-state index contributed by atoms with van der Waals surface area (Å²) >= 11 is 6.14. The summed E-state index contributed by atoms with van der Waals surface area (Å²) in [5.41, 5.74) is 0.0212. The fourth-order valence-electron chi connectivity index (χ4n) is 4.04. The second-order valence-electron chi connectivity index (χ2n) is 9.15. The summed E-state index contributed by atoms with van der Waals surface area (Å²) in [5.74, 6) is 0.728. The molecular formula is C23H35ClN4O4. The summed E-state index contributed by atoms with van der Waals surface area (Å²) in [6.45, 7) is 6.74. The molecule has 0 aliphatic carbocycles. The Bertz CT molecular complexity index is 813. The van der Waals surface area contributed by atoms with E-state index >= 15 is 0 Å². The van der Waals surface area contributed by atoms with Gasteiger partial charge in [-0.25, -0.2) is 0 Å². The maximum absolute atomic E-state index is 13.2. The van der Waals surface area contributed by atoms with Gasteiger partial charge in [0.15, 0.2) is 0 Å². The van der Waals surface area contributed by atoms with E-state index in [1.165, 1.54) is 0 Å². The van der Waals surface area contributed by atoms with E-state index < -0.39 is 5.60 Å². The predicted octanol–water partition coefficient (Wildman–Crippen LogP) is 1.35. The minimum absolute atomic E-state index is 0.0251. The molecule has 1 aromatic carbocycles. The van der Waals surface area contributed by atoms with Gasteiger partial charge in [0, 0.05) is 37.7 Å². The molecular weight excluding hydrogens is 432 g/mol. The van der Waals surface area contributed by atoms with Crippen molar-refractivity contribution in [2.75, 3.05) is 80.2 Å². The molecule has 8 nitrogen and oxygen atoms in total. The molecule has 0 aromatic heterocycles. The van der Waals surface area contributed by atoms with E-state index in [1.54, 1.807) is 11.0 Å². The number of amides is 2. The van der Waals surface area contributed by atoms with Crippen molar-refractivity contribution in [2.24, 2.45) is 0 Å². The number of piperazine rings is 1. The van der Waals surface area contributed by atoms with Crippen molar-refractivity contribution in [3.63, 3.8) is 0 Å². The largest absolute Gasteiger partial charge is 0.490 e. The molecule has 1 aromatic rings. The minimum atomic E-state index is -0.895. The Balaban J connectivity index is 1.75. The average molecular weight is 467 g/mol. The van der Waals surface area contributed by atoms with Crippen molar-refractivity contribution >= 4 is 23.4 Å². The molecule has 0 N–H and O–H groups in total. The lowest BCUT2D eigenvalue weighted by Crippen LogP contribution is -2.60. The zero-order chi connectivity index (χ0) is 23.3. The van der Waals surface area contributed by atoms with Crippen LogP contribution in [0.4, 0.5) is 0 Å². The molecule has 3 rings (SSSR count). The molecule has 0 spiro atoms. The van der Waals surface area contributed by atoms with Crippen LogP contribution in [0.3, 0.4) is 0 Å². The number of likely N-dealkylation sites (N-methyl/N-ethyl adjacent to an activating group) is 2. The number of ether oxygens (including phenoxy) is 2. The third kappa shape index (κ3) is 6.57. The van der Waals surface area contributed by atoms with E-state index in [-0.39, 0.29) is 24.8 Å². The van der Waals surface area contributed by atoms with Gasteiger partial charge in [0.1, 0.15) is 18.0 Å². The summed E-state index contributed by atoms with van der Waals surface area (Å²) in [5, 5.41) is 0.673. The summed E-state index contributed by atoms with van der Waals surface area (Å²) in [6, 6.07) is 5.47. The van der Waals surface area contributed by atoms with Crippen LogP contribution in [-0.4, -0.2) is 117 Å². The molecule has 0 bridgehead atoms. The Labute approximate surface area is 196 Å². The summed E-state index contributed by atoms with van der Waals surface area (Å²) in [7, 11) is 5.80. The van der Waals surface area contributed by atoms with Gasteiger partial charge in [-0.2, -0.15) is 0 Å². The second-order valence-corrected chi connectivity index (χ2v) is 9.55. The molecule has 0 radical (unpaired) electrons. The Kier molecular flexibility index (Phi) is 8.38. The van der Waals surface area contributed by atoms with E-state index in [9.17, 15) is 9.59 Å². The normalized spacial score (nSPS) is 22.3. The predicted molar refractivity (Wildman–Crippen MR) is 124 cm³/mol. The van der Waals surface area contributed by atoms with Crippen LogP contribution in [0.2, 0.25) is 5.02 Å². The number of benzene rings is 1. The van der Waals surface area contributed by atoms with E-state index in [2.05, 4.69) is 11.9 Å². The average Bonchev–Trinajstić information content (AvgIpc) is 2.75. The number of hydrogen-bond donors (Lipinski definition) is 0. The Morgan fingerprint density at radius 1 is 1.12 bits per heavy atom. The third-order valence-electron chi connectivity index (χ3n) is 6.01. The zero-order valence-electron chi connectivity index (χ0n) is 19.6. The Hall–Kier alpha value is -1.87. The van der Waals surface area contributed by atoms with Crippen LogP contribution in [0.15, 0.2) is 18.2 Å². The van der Waals surface area contributed by atoms with Crippen LogP contribution >= 0.6 is 11.6 Å². The molecule has 178 valence electrons. The fraction of sp³-hybridized carbons (Fsp3) is 0.652. The quantitative estimate of drug-likeness (QED) is 0.604. The van der Waals surface area contributed by atoms with Gasteiger partial charge >= 0.3 is 0 Å². The van der Waals surface area contributed by atoms with Crippen molar-refractivity contribution in [1.82, 2.24) is 19.6 Å². The standard InChI is InChI=1S/C23H35ClN4O4/c1-18-13-19(5-6-20(18)24)31-17-23(14-21(29)27-9-7-26(4)8-10-27)16-28(11-12-32-23)22(30)15-25(2)3/h5-6,13H,7-12,14-17H2,1-4H3. The number of halogens is 1. The molecule has 0 saturated carbocycles. The Morgan fingerprint density at radius 2 is 1.84 bits per heavy atom. The number of carbonyl (C=O) groups excluding carboxylic acids is 2. The van der Waals surface area contributed by atoms with Gasteiger partial charge in [0.05, 0.1) is 26.1 Å². The van der Waals surface area contributed by atoms with Crippen molar-refractivity contribution in [1.29, 1.82) is 0 Å². The maximum atomic E-state index is 13.2. The first kappa shape index (κ1) is 24.8.